The average molecular weight is 380 g/mol. The predicted octanol–water partition coefficient (Wildman–Crippen LogP) is 1.44. The van der Waals surface area contributed by atoms with Crippen LogP contribution in [0.25, 0.3) is 0 Å². The second-order valence-corrected chi connectivity index (χ2v) is 6.33. The minimum Gasteiger partial charge on any atom is -0.378 e. The third-order valence-electron chi connectivity index (χ3n) is 4.27. The van der Waals surface area contributed by atoms with Gasteiger partial charge in [0.25, 0.3) is 5.91 Å². The molecule has 0 bridgehead atoms. The third kappa shape index (κ3) is 4.23. The number of hydrogen-bond acceptors (Lipinski definition) is 8. The van der Waals surface area contributed by atoms with Crippen LogP contribution in [0.1, 0.15) is 10.5 Å². The topological polar surface area (TPSA) is 110 Å². The van der Waals surface area contributed by atoms with Gasteiger partial charge in [-0.2, -0.15) is 5.10 Å². The van der Waals surface area contributed by atoms with E-state index in [-0.39, 0.29) is 11.6 Å². The number of amides is 1. The van der Waals surface area contributed by atoms with Gasteiger partial charge in [-0.3, -0.25) is 9.48 Å². The second kappa shape index (κ2) is 8.01. The van der Waals surface area contributed by atoms with Gasteiger partial charge in [0.15, 0.2) is 11.5 Å². The molecular formula is C18H20N8O2. The highest BCUT2D eigenvalue weighted by Gasteiger charge is 2.13. The fourth-order valence-electron chi connectivity index (χ4n) is 2.84. The van der Waals surface area contributed by atoms with Crippen molar-refractivity contribution in [3.05, 3.63) is 48.4 Å². The molecule has 0 aliphatic carbocycles. The SMILES string of the molecule is Cn1cc(C(=O)Nc2ccc(Nc3cc(N4CCOCC4)cnn3)cc2)nn1. The van der Waals surface area contributed by atoms with Crippen LogP contribution in [0.2, 0.25) is 0 Å². The summed E-state index contributed by atoms with van der Waals surface area (Å²) >= 11 is 0. The molecule has 10 heteroatoms. The molecule has 4 rings (SSSR count). The Bertz CT molecular complexity index is 950. The van der Waals surface area contributed by atoms with Gasteiger partial charge < -0.3 is 20.3 Å². The molecule has 0 unspecified atom stereocenters. The number of nitrogens with zero attached hydrogens (tertiary/aromatic N) is 6. The number of rotatable bonds is 5. The predicted molar refractivity (Wildman–Crippen MR) is 104 cm³/mol. The Labute approximate surface area is 161 Å². The van der Waals surface area contributed by atoms with Crippen LogP contribution in [-0.4, -0.2) is 57.4 Å². The van der Waals surface area contributed by atoms with Crippen LogP contribution in [0.3, 0.4) is 0 Å². The van der Waals surface area contributed by atoms with Crippen LogP contribution >= 0.6 is 0 Å². The first-order chi connectivity index (χ1) is 13.7. The van der Waals surface area contributed by atoms with Crippen molar-refractivity contribution in [2.24, 2.45) is 7.05 Å². The van der Waals surface area contributed by atoms with Crippen LogP contribution in [0.15, 0.2) is 42.7 Å². The molecule has 2 aromatic heterocycles. The standard InChI is InChI=1S/C18H20N8O2/c1-25-12-16(22-24-25)18(27)21-14-4-2-13(3-5-14)20-17-10-15(11-19-23-17)26-6-8-28-9-7-26/h2-5,10-12H,6-9H2,1H3,(H,20,23)(H,21,27). The van der Waals surface area contributed by atoms with Crippen LogP contribution in [0.4, 0.5) is 22.9 Å². The van der Waals surface area contributed by atoms with Gasteiger partial charge in [-0.25, -0.2) is 0 Å². The van der Waals surface area contributed by atoms with E-state index in [9.17, 15) is 4.79 Å². The molecule has 1 fully saturated rings. The molecule has 2 N–H and O–H groups in total. The first kappa shape index (κ1) is 17.9. The van der Waals surface area contributed by atoms with E-state index in [4.69, 9.17) is 4.74 Å². The number of morpholine rings is 1. The minimum atomic E-state index is -0.308. The third-order valence-corrected chi connectivity index (χ3v) is 4.27. The lowest BCUT2D eigenvalue weighted by Crippen LogP contribution is -2.36. The first-order valence-corrected chi connectivity index (χ1v) is 8.87. The Morgan fingerprint density at radius 2 is 1.86 bits per heavy atom. The van der Waals surface area contributed by atoms with E-state index >= 15 is 0 Å². The molecule has 0 radical (unpaired) electrons. The summed E-state index contributed by atoms with van der Waals surface area (Å²) in [5.41, 5.74) is 2.77. The van der Waals surface area contributed by atoms with Gasteiger partial charge in [-0.15, -0.1) is 10.2 Å². The summed E-state index contributed by atoms with van der Waals surface area (Å²) in [7, 11) is 1.71. The maximum Gasteiger partial charge on any atom is 0.277 e. The molecule has 0 spiro atoms. The molecule has 1 aromatic carbocycles. The number of carbonyl (C=O) groups excluding carboxylic acids is 1. The molecule has 28 heavy (non-hydrogen) atoms. The van der Waals surface area contributed by atoms with E-state index in [1.165, 1.54) is 4.68 Å². The lowest BCUT2D eigenvalue weighted by Gasteiger charge is -2.28. The number of carbonyl (C=O) groups is 1. The molecule has 1 aliphatic rings. The zero-order valence-corrected chi connectivity index (χ0v) is 15.4. The number of hydrogen-bond donors (Lipinski definition) is 2. The van der Waals surface area contributed by atoms with Crippen LogP contribution < -0.4 is 15.5 Å². The van der Waals surface area contributed by atoms with Gasteiger partial charge in [0.1, 0.15) is 0 Å². The number of nitrogens with one attached hydrogen (secondary N) is 2. The van der Waals surface area contributed by atoms with Crippen LogP contribution in [0.5, 0.6) is 0 Å². The largest absolute Gasteiger partial charge is 0.378 e. The number of aryl methyl sites for hydroxylation is 1. The summed E-state index contributed by atoms with van der Waals surface area (Å²) in [6, 6.07) is 9.28. The Morgan fingerprint density at radius 3 is 2.57 bits per heavy atom. The molecule has 1 saturated heterocycles. The Morgan fingerprint density at radius 1 is 1.11 bits per heavy atom. The molecule has 3 aromatic rings. The van der Waals surface area contributed by atoms with E-state index in [1.807, 2.05) is 18.2 Å². The van der Waals surface area contributed by atoms with Crippen molar-refractivity contribution in [2.45, 2.75) is 0 Å². The van der Waals surface area contributed by atoms with E-state index in [0.717, 1.165) is 24.5 Å². The smallest absolute Gasteiger partial charge is 0.277 e. The van der Waals surface area contributed by atoms with Gasteiger partial charge in [-0.1, -0.05) is 5.21 Å². The van der Waals surface area contributed by atoms with Crippen molar-refractivity contribution in [3.8, 4) is 0 Å². The summed E-state index contributed by atoms with van der Waals surface area (Å²) < 4.78 is 6.86. The van der Waals surface area contributed by atoms with Gasteiger partial charge in [0.05, 0.1) is 31.3 Å². The Balaban J connectivity index is 1.40. The van der Waals surface area contributed by atoms with E-state index in [0.29, 0.717) is 24.7 Å². The Kier molecular flexibility index (Phi) is 5.11. The van der Waals surface area contributed by atoms with Crippen molar-refractivity contribution in [1.82, 2.24) is 25.2 Å². The number of benzene rings is 1. The number of anilines is 4. The zero-order chi connectivity index (χ0) is 19.3. The maximum absolute atomic E-state index is 12.1. The van der Waals surface area contributed by atoms with E-state index < -0.39 is 0 Å². The molecule has 3 heterocycles. The Hall–Kier alpha value is -3.53. The average Bonchev–Trinajstić information content (AvgIpc) is 3.17. The molecule has 144 valence electrons. The van der Waals surface area contributed by atoms with Gasteiger partial charge in [-0.05, 0) is 24.3 Å². The summed E-state index contributed by atoms with van der Waals surface area (Å²) in [5.74, 6) is 0.346. The first-order valence-electron chi connectivity index (χ1n) is 8.87. The molecule has 10 nitrogen and oxygen atoms in total. The van der Waals surface area contributed by atoms with Gasteiger partial charge in [0, 0.05) is 37.6 Å². The molecule has 1 amide bonds. The fraction of sp³-hybridized carbons (Fsp3) is 0.278. The van der Waals surface area contributed by atoms with Crippen molar-refractivity contribution in [1.29, 1.82) is 0 Å². The maximum atomic E-state index is 12.1. The normalized spacial score (nSPS) is 14.0. The van der Waals surface area contributed by atoms with Crippen LogP contribution in [-0.2, 0) is 11.8 Å². The summed E-state index contributed by atoms with van der Waals surface area (Å²) in [6.45, 7) is 3.11. The molecular weight excluding hydrogens is 360 g/mol. The van der Waals surface area contributed by atoms with Crippen molar-refractivity contribution >= 4 is 28.8 Å². The highest BCUT2D eigenvalue weighted by molar-refractivity contribution is 6.02. The van der Waals surface area contributed by atoms with Gasteiger partial charge in [0.2, 0.25) is 0 Å². The van der Waals surface area contributed by atoms with Crippen LogP contribution in [0, 0.1) is 0 Å². The lowest BCUT2D eigenvalue weighted by atomic mass is 10.2. The molecule has 0 atom stereocenters. The zero-order valence-electron chi connectivity index (χ0n) is 15.4. The lowest BCUT2D eigenvalue weighted by molar-refractivity contribution is 0.102. The van der Waals surface area contributed by atoms with Gasteiger partial charge >= 0.3 is 0 Å². The summed E-state index contributed by atoms with van der Waals surface area (Å²) in [5, 5.41) is 21.8. The van der Waals surface area contributed by atoms with Crippen molar-refractivity contribution in [2.75, 3.05) is 41.8 Å². The number of aromatic nitrogens is 5. The highest BCUT2D eigenvalue weighted by atomic mass is 16.5. The van der Waals surface area contributed by atoms with E-state index in [2.05, 4.69) is 36.0 Å². The van der Waals surface area contributed by atoms with E-state index in [1.54, 1.807) is 31.6 Å². The monoisotopic (exact) mass is 380 g/mol. The minimum absolute atomic E-state index is 0.264. The second-order valence-electron chi connectivity index (χ2n) is 6.33. The quantitative estimate of drug-likeness (QED) is 0.684. The highest BCUT2D eigenvalue weighted by Crippen LogP contribution is 2.21. The fourth-order valence-corrected chi connectivity index (χ4v) is 2.84. The van der Waals surface area contributed by atoms with Crippen molar-refractivity contribution in [3.63, 3.8) is 0 Å². The molecule has 1 aliphatic heterocycles. The molecule has 0 saturated carbocycles. The van der Waals surface area contributed by atoms with Crippen molar-refractivity contribution < 1.29 is 9.53 Å². The summed E-state index contributed by atoms with van der Waals surface area (Å²) in [4.78, 5) is 14.3. The summed E-state index contributed by atoms with van der Waals surface area (Å²) in [6.07, 6.45) is 3.31. The number of ether oxygens (including phenoxy) is 1.